The van der Waals surface area contributed by atoms with Gasteiger partial charge in [-0.05, 0) is 24.8 Å². The van der Waals surface area contributed by atoms with E-state index in [-0.39, 0.29) is 6.10 Å². The van der Waals surface area contributed by atoms with Crippen molar-refractivity contribution in [1.29, 1.82) is 0 Å². The molecule has 6 nitrogen and oxygen atoms in total. The van der Waals surface area contributed by atoms with Crippen molar-refractivity contribution in [3.63, 3.8) is 0 Å². The van der Waals surface area contributed by atoms with Gasteiger partial charge in [0.2, 0.25) is 0 Å². The molecule has 0 unspecified atom stereocenters. The van der Waals surface area contributed by atoms with Gasteiger partial charge < -0.3 is 20.1 Å². The Labute approximate surface area is 148 Å². The molecule has 1 heterocycles. The molecule has 0 radical (unpaired) electrons. The van der Waals surface area contributed by atoms with Crippen molar-refractivity contribution in [2.45, 2.75) is 50.4 Å². The van der Waals surface area contributed by atoms with Crippen LogP contribution in [0.4, 0.5) is 0 Å². The number of ether oxygens (including phenoxy) is 2. The minimum absolute atomic E-state index is 0.181. The lowest BCUT2D eigenvalue weighted by atomic mass is 9.94. The molecule has 6 heteroatoms. The van der Waals surface area contributed by atoms with Crippen LogP contribution in [0.5, 0.6) is 0 Å². The molecular formula is C19H26N2O4. The molecule has 3 rings (SSSR count). The Balaban J connectivity index is 1.34. The first-order chi connectivity index (χ1) is 12.2. The topological polar surface area (TPSA) is 76.7 Å². The summed E-state index contributed by atoms with van der Waals surface area (Å²) in [5, 5.41) is 5.28. The molecule has 2 amide bonds. The highest BCUT2D eigenvalue weighted by molar-refractivity contribution is 6.35. The molecule has 2 N–H and O–H groups in total. The molecule has 0 aromatic heterocycles. The molecule has 136 valence electrons. The van der Waals surface area contributed by atoms with E-state index in [2.05, 4.69) is 10.6 Å². The van der Waals surface area contributed by atoms with Gasteiger partial charge >= 0.3 is 11.8 Å². The monoisotopic (exact) mass is 346 g/mol. The summed E-state index contributed by atoms with van der Waals surface area (Å²) >= 11 is 0. The van der Waals surface area contributed by atoms with Crippen LogP contribution in [0.2, 0.25) is 0 Å². The summed E-state index contributed by atoms with van der Waals surface area (Å²) < 4.78 is 11.8. The van der Waals surface area contributed by atoms with Crippen molar-refractivity contribution in [1.82, 2.24) is 10.6 Å². The van der Waals surface area contributed by atoms with E-state index >= 15 is 0 Å². The molecule has 2 aliphatic rings. The van der Waals surface area contributed by atoms with Gasteiger partial charge in [0.15, 0.2) is 5.79 Å². The van der Waals surface area contributed by atoms with E-state index in [9.17, 15) is 9.59 Å². The standard InChI is InChI=1S/C19H26N2O4/c22-17(20-12-9-15-7-3-1-4-8-15)18(23)21-13-16-14-24-19(25-16)10-5-2-6-11-19/h1,3-4,7-8,16H,2,5-6,9-14H2,(H,20,22)(H,21,23)/t16-/m1/s1. The van der Waals surface area contributed by atoms with E-state index in [4.69, 9.17) is 9.47 Å². The van der Waals surface area contributed by atoms with Crippen molar-refractivity contribution in [3.8, 4) is 0 Å². The second-order valence-electron chi connectivity index (χ2n) is 6.72. The number of rotatable bonds is 5. The van der Waals surface area contributed by atoms with Gasteiger partial charge in [0.1, 0.15) is 6.10 Å². The fraction of sp³-hybridized carbons (Fsp3) is 0.579. The predicted molar refractivity (Wildman–Crippen MR) is 92.8 cm³/mol. The van der Waals surface area contributed by atoms with Crippen molar-refractivity contribution >= 4 is 11.8 Å². The van der Waals surface area contributed by atoms with Crippen molar-refractivity contribution in [2.24, 2.45) is 0 Å². The van der Waals surface area contributed by atoms with Gasteiger partial charge in [0.25, 0.3) is 0 Å². The summed E-state index contributed by atoms with van der Waals surface area (Å²) in [6, 6.07) is 9.83. The Bertz CT molecular complexity index is 584. The third-order valence-corrected chi connectivity index (χ3v) is 4.77. The summed E-state index contributed by atoms with van der Waals surface area (Å²) in [5.74, 6) is -1.69. The lowest BCUT2D eigenvalue weighted by molar-refractivity contribution is -0.186. The zero-order valence-corrected chi connectivity index (χ0v) is 14.5. The third kappa shape index (κ3) is 5.03. The Morgan fingerprint density at radius 2 is 1.76 bits per heavy atom. The summed E-state index contributed by atoms with van der Waals surface area (Å²) in [5.41, 5.74) is 1.12. The highest BCUT2D eigenvalue weighted by atomic mass is 16.7. The second kappa shape index (κ2) is 8.45. The summed E-state index contributed by atoms with van der Waals surface area (Å²) in [7, 11) is 0. The number of hydrogen-bond acceptors (Lipinski definition) is 4. The number of carbonyl (C=O) groups is 2. The van der Waals surface area contributed by atoms with Crippen LogP contribution in [-0.2, 0) is 25.5 Å². The Hall–Kier alpha value is -1.92. The van der Waals surface area contributed by atoms with Crippen LogP contribution in [-0.4, -0.2) is 43.4 Å². The zero-order valence-electron chi connectivity index (χ0n) is 14.5. The number of nitrogens with one attached hydrogen (secondary N) is 2. The molecule has 1 saturated carbocycles. The van der Waals surface area contributed by atoms with Gasteiger partial charge in [-0.3, -0.25) is 9.59 Å². The molecule has 25 heavy (non-hydrogen) atoms. The first kappa shape index (κ1) is 17.9. The number of amides is 2. The average Bonchev–Trinajstić information content (AvgIpc) is 3.03. The van der Waals surface area contributed by atoms with E-state index in [1.165, 1.54) is 6.42 Å². The first-order valence-corrected chi connectivity index (χ1v) is 9.09. The number of hydrogen-bond donors (Lipinski definition) is 2. The Morgan fingerprint density at radius 1 is 1.04 bits per heavy atom. The average molecular weight is 346 g/mol. The van der Waals surface area contributed by atoms with Gasteiger partial charge in [-0.25, -0.2) is 0 Å². The van der Waals surface area contributed by atoms with E-state index in [0.717, 1.165) is 31.2 Å². The minimum atomic E-state index is -0.624. The van der Waals surface area contributed by atoms with Crippen molar-refractivity contribution < 1.29 is 19.1 Å². The van der Waals surface area contributed by atoms with E-state index in [1.54, 1.807) is 0 Å². The van der Waals surface area contributed by atoms with E-state index in [1.807, 2.05) is 30.3 Å². The molecular weight excluding hydrogens is 320 g/mol. The van der Waals surface area contributed by atoms with Crippen LogP contribution in [0.25, 0.3) is 0 Å². The van der Waals surface area contributed by atoms with E-state index < -0.39 is 17.6 Å². The molecule has 1 aromatic carbocycles. The first-order valence-electron chi connectivity index (χ1n) is 9.09. The summed E-state index contributed by atoms with van der Waals surface area (Å²) in [6.07, 6.45) is 5.79. The molecule has 2 fully saturated rings. The quantitative estimate of drug-likeness (QED) is 0.793. The lowest BCUT2D eigenvalue weighted by Gasteiger charge is -2.31. The Morgan fingerprint density at radius 3 is 2.52 bits per heavy atom. The van der Waals surface area contributed by atoms with Gasteiger partial charge in [-0.15, -0.1) is 0 Å². The largest absolute Gasteiger partial charge is 0.348 e. The maximum atomic E-state index is 11.9. The van der Waals surface area contributed by atoms with E-state index in [0.29, 0.717) is 26.1 Å². The van der Waals surface area contributed by atoms with Gasteiger partial charge in [-0.2, -0.15) is 0 Å². The highest BCUT2D eigenvalue weighted by Gasteiger charge is 2.42. The normalized spacial score (nSPS) is 21.8. The number of benzene rings is 1. The molecule has 1 aromatic rings. The molecule has 1 spiro atoms. The summed E-state index contributed by atoms with van der Waals surface area (Å²) in [4.78, 5) is 23.7. The maximum Gasteiger partial charge on any atom is 0.309 e. The molecule has 1 aliphatic carbocycles. The minimum Gasteiger partial charge on any atom is -0.348 e. The Kier molecular flexibility index (Phi) is 6.04. The van der Waals surface area contributed by atoms with Crippen molar-refractivity contribution in [2.75, 3.05) is 19.7 Å². The maximum absolute atomic E-state index is 11.9. The van der Waals surface area contributed by atoms with Crippen LogP contribution in [0.1, 0.15) is 37.7 Å². The third-order valence-electron chi connectivity index (χ3n) is 4.77. The van der Waals surface area contributed by atoms with Crippen LogP contribution in [0.3, 0.4) is 0 Å². The van der Waals surface area contributed by atoms with Crippen LogP contribution in [0, 0.1) is 0 Å². The van der Waals surface area contributed by atoms with Crippen molar-refractivity contribution in [3.05, 3.63) is 35.9 Å². The van der Waals surface area contributed by atoms with Gasteiger partial charge in [0.05, 0.1) is 6.61 Å². The highest BCUT2D eigenvalue weighted by Crippen LogP contribution is 2.37. The second-order valence-corrected chi connectivity index (χ2v) is 6.72. The lowest BCUT2D eigenvalue weighted by Crippen LogP contribution is -2.44. The fourth-order valence-corrected chi connectivity index (χ4v) is 3.40. The molecule has 0 bridgehead atoms. The zero-order chi connectivity index (χ0) is 17.5. The molecule has 1 aliphatic heterocycles. The summed E-state index contributed by atoms with van der Waals surface area (Å²) in [6.45, 7) is 1.20. The number of carbonyl (C=O) groups excluding carboxylic acids is 2. The van der Waals surface area contributed by atoms with Crippen LogP contribution in [0.15, 0.2) is 30.3 Å². The predicted octanol–water partition coefficient (Wildman–Crippen LogP) is 1.54. The van der Waals surface area contributed by atoms with Gasteiger partial charge in [-0.1, -0.05) is 36.8 Å². The fourth-order valence-electron chi connectivity index (χ4n) is 3.40. The van der Waals surface area contributed by atoms with Crippen LogP contribution < -0.4 is 10.6 Å². The SMILES string of the molecule is O=C(NCCc1ccccc1)C(=O)NC[C@@H]1COC2(CCCCC2)O1. The van der Waals surface area contributed by atoms with Gasteiger partial charge in [0, 0.05) is 25.9 Å². The smallest absolute Gasteiger partial charge is 0.309 e. The molecule has 1 atom stereocenters. The van der Waals surface area contributed by atoms with Crippen LogP contribution >= 0.6 is 0 Å². The molecule has 1 saturated heterocycles.